The van der Waals surface area contributed by atoms with Gasteiger partial charge in [-0.1, -0.05) is 0 Å². The van der Waals surface area contributed by atoms with Crippen LogP contribution in [0.3, 0.4) is 0 Å². The van der Waals surface area contributed by atoms with Crippen LogP contribution in [-0.2, 0) is 9.53 Å². The number of carboxylic acids is 1. The number of hydrogen-bond acceptors (Lipinski definition) is 3. The molecule has 1 saturated heterocycles. The van der Waals surface area contributed by atoms with Crippen LogP contribution in [0.1, 0.15) is 12.8 Å². The quantitative estimate of drug-likeness (QED) is 0.845. The maximum absolute atomic E-state index is 12.4. The van der Waals surface area contributed by atoms with Gasteiger partial charge in [-0.3, -0.25) is 4.79 Å². The van der Waals surface area contributed by atoms with Crippen molar-refractivity contribution in [2.24, 2.45) is 0 Å². The lowest BCUT2D eigenvalue weighted by Crippen LogP contribution is -2.52. The lowest BCUT2D eigenvalue weighted by Gasteiger charge is -2.35. The minimum Gasteiger partial charge on any atom is -0.480 e. The second-order valence-corrected chi connectivity index (χ2v) is 4.59. The highest BCUT2D eigenvalue weighted by Gasteiger charge is 2.36. The minimum absolute atomic E-state index is 0.170. The zero-order chi connectivity index (χ0) is 15.3. The van der Waals surface area contributed by atoms with E-state index in [0.717, 1.165) is 6.42 Å². The van der Waals surface area contributed by atoms with Crippen LogP contribution in [0.15, 0.2) is 0 Å². The molecule has 1 aliphatic rings. The summed E-state index contributed by atoms with van der Waals surface area (Å²) in [5.41, 5.74) is 0. The Kier molecular flexibility index (Phi) is 5.61. The summed E-state index contributed by atoms with van der Waals surface area (Å²) >= 11 is 0. The molecular formula is C11H17F3N2O4. The van der Waals surface area contributed by atoms with Crippen LogP contribution < -0.4 is 0 Å². The minimum atomic E-state index is -4.64. The molecule has 0 bridgehead atoms. The molecule has 6 nitrogen and oxygen atoms in total. The first kappa shape index (κ1) is 16.5. The molecule has 0 aliphatic carbocycles. The van der Waals surface area contributed by atoms with Gasteiger partial charge in [0.15, 0.2) is 0 Å². The van der Waals surface area contributed by atoms with E-state index in [4.69, 9.17) is 9.84 Å². The molecule has 1 fully saturated rings. The first-order valence-corrected chi connectivity index (χ1v) is 6.08. The molecular weight excluding hydrogens is 281 g/mol. The lowest BCUT2D eigenvalue weighted by atomic mass is 10.1. The summed E-state index contributed by atoms with van der Waals surface area (Å²) < 4.78 is 42.3. The van der Waals surface area contributed by atoms with Crippen molar-refractivity contribution in [1.29, 1.82) is 0 Å². The summed E-state index contributed by atoms with van der Waals surface area (Å²) in [6.07, 6.45) is -3.54. The largest absolute Gasteiger partial charge is 0.480 e. The molecule has 9 heteroatoms. The number of likely N-dealkylation sites (tertiary alicyclic amines) is 1. The number of ether oxygens (including phenoxy) is 1. The van der Waals surface area contributed by atoms with Gasteiger partial charge in [-0.15, -0.1) is 0 Å². The number of urea groups is 1. The Hall–Kier alpha value is -1.51. The predicted molar refractivity (Wildman–Crippen MR) is 62.3 cm³/mol. The van der Waals surface area contributed by atoms with E-state index in [0.29, 0.717) is 17.9 Å². The summed E-state index contributed by atoms with van der Waals surface area (Å²) in [7, 11) is 1.46. The zero-order valence-corrected chi connectivity index (χ0v) is 11.0. The fourth-order valence-electron chi connectivity index (χ4n) is 2.08. The van der Waals surface area contributed by atoms with Gasteiger partial charge in [0.1, 0.15) is 13.1 Å². The second-order valence-electron chi connectivity index (χ2n) is 4.59. The molecule has 0 saturated carbocycles. The highest BCUT2D eigenvalue weighted by atomic mass is 19.4. The number of methoxy groups -OCH3 is 1. The van der Waals surface area contributed by atoms with Crippen LogP contribution in [0.2, 0.25) is 0 Å². The summed E-state index contributed by atoms with van der Waals surface area (Å²) in [6, 6.07) is -0.925. The van der Waals surface area contributed by atoms with Crippen LogP contribution in [0.5, 0.6) is 0 Å². The van der Waals surface area contributed by atoms with Gasteiger partial charge in [0.25, 0.3) is 0 Å². The van der Waals surface area contributed by atoms with Crippen molar-refractivity contribution in [2.75, 3.05) is 33.3 Å². The van der Waals surface area contributed by atoms with E-state index in [1.807, 2.05) is 0 Å². The van der Waals surface area contributed by atoms with Crippen LogP contribution >= 0.6 is 0 Å². The normalized spacial score (nSPS) is 19.8. The number of amides is 2. The van der Waals surface area contributed by atoms with E-state index in [1.54, 1.807) is 0 Å². The molecule has 116 valence electrons. The maximum Gasteiger partial charge on any atom is 0.406 e. The van der Waals surface area contributed by atoms with Crippen LogP contribution in [0.4, 0.5) is 18.0 Å². The zero-order valence-electron chi connectivity index (χ0n) is 11.0. The van der Waals surface area contributed by atoms with Gasteiger partial charge in [-0.25, -0.2) is 4.79 Å². The maximum atomic E-state index is 12.4. The van der Waals surface area contributed by atoms with Crippen molar-refractivity contribution in [3.05, 3.63) is 0 Å². The second kappa shape index (κ2) is 6.78. The van der Waals surface area contributed by atoms with E-state index >= 15 is 0 Å². The topological polar surface area (TPSA) is 70.1 Å². The Labute approximate surface area is 114 Å². The molecule has 0 aromatic carbocycles. The number of carbonyl (C=O) groups excluding carboxylic acids is 1. The number of piperidine rings is 1. The van der Waals surface area contributed by atoms with Gasteiger partial charge in [0.2, 0.25) is 0 Å². The van der Waals surface area contributed by atoms with Gasteiger partial charge >= 0.3 is 18.2 Å². The molecule has 0 radical (unpaired) electrons. The number of alkyl halides is 3. The fourth-order valence-corrected chi connectivity index (χ4v) is 2.08. The predicted octanol–water partition coefficient (Wildman–Crippen LogP) is 1.17. The Morgan fingerprint density at radius 2 is 2.10 bits per heavy atom. The first-order chi connectivity index (χ1) is 9.23. The molecule has 1 N–H and O–H groups in total. The smallest absolute Gasteiger partial charge is 0.406 e. The SMILES string of the molecule is COC1CCCN(C(=O)N(CC(=O)O)CC(F)(F)F)C1. The van der Waals surface area contributed by atoms with Crippen LogP contribution in [0, 0.1) is 0 Å². The number of nitrogens with zero attached hydrogens (tertiary/aromatic N) is 2. The standard InChI is InChI=1S/C11H17F3N2O4/c1-20-8-3-2-4-15(5-8)10(19)16(6-9(17)18)7-11(12,13)14/h8H,2-7H2,1H3,(H,17,18). The third kappa shape index (κ3) is 5.24. The van der Waals surface area contributed by atoms with E-state index in [9.17, 15) is 22.8 Å². The van der Waals surface area contributed by atoms with Gasteiger partial charge in [-0.05, 0) is 12.8 Å². The highest BCUT2D eigenvalue weighted by Crippen LogP contribution is 2.19. The summed E-state index contributed by atoms with van der Waals surface area (Å²) in [6.45, 7) is -2.09. The molecule has 1 heterocycles. The summed E-state index contributed by atoms with van der Waals surface area (Å²) in [4.78, 5) is 24.1. The van der Waals surface area contributed by atoms with Crippen LogP contribution in [-0.4, -0.2) is 72.5 Å². The van der Waals surface area contributed by atoms with Crippen molar-refractivity contribution in [3.8, 4) is 0 Å². The molecule has 1 aliphatic heterocycles. The number of carbonyl (C=O) groups is 2. The Bertz CT molecular complexity index is 362. The van der Waals surface area contributed by atoms with Crippen molar-refractivity contribution >= 4 is 12.0 Å². The molecule has 0 spiro atoms. The van der Waals surface area contributed by atoms with E-state index < -0.39 is 31.3 Å². The monoisotopic (exact) mass is 298 g/mol. The lowest BCUT2D eigenvalue weighted by molar-refractivity contribution is -0.150. The van der Waals surface area contributed by atoms with E-state index in [-0.39, 0.29) is 12.6 Å². The average Bonchev–Trinajstić information content (AvgIpc) is 2.35. The average molecular weight is 298 g/mol. The van der Waals surface area contributed by atoms with Gasteiger partial charge in [0.05, 0.1) is 6.10 Å². The Morgan fingerprint density at radius 1 is 1.45 bits per heavy atom. The van der Waals surface area contributed by atoms with Gasteiger partial charge < -0.3 is 19.6 Å². The number of rotatable bonds is 4. The Balaban J connectivity index is 2.73. The number of hydrogen-bond donors (Lipinski definition) is 1. The van der Waals surface area contributed by atoms with E-state index in [2.05, 4.69) is 0 Å². The summed E-state index contributed by atoms with van der Waals surface area (Å²) in [5.74, 6) is -1.48. The fraction of sp³-hybridized carbons (Fsp3) is 0.818. The molecule has 0 aromatic rings. The molecule has 1 unspecified atom stereocenters. The van der Waals surface area contributed by atoms with Crippen molar-refractivity contribution in [1.82, 2.24) is 9.80 Å². The van der Waals surface area contributed by atoms with E-state index in [1.165, 1.54) is 12.0 Å². The number of carboxylic acid groups (broad SMARTS) is 1. The van der Waals surface area contributed by atoms with Gasteiger partial charge in [0, 0.05) is 20.2 Å². The molecule has 20 heavy (non-hydrogen) atoms. The first-order valence-electron chi connectivity index (χ1n) is 6.08. The van der Waals surface area contributed by atoms with Gasteiger partial charge in [-0.2, -0.15) is 13.2 Å². The molecule has 1 atom stereocenters. The van der Waals surface area contributed by atoms with Crippen LogP contribution in [0.25, 0.3) is 0 Å². The third-order valence-corrected chi connectivity index (χ3v) is 2.95. The summed E-state index contributed by atoms with van der Waals surface area (Å²) in [5, 5.41) is 8.62. The highest BCUT2D eigenvalue weighted by molar-refractivity contribution is 5.80. The van der Waals surface area contributed by atoms with Crippen molar-refractivity contribution < 1.29 is 32.6 Å². The van der Waals surface area contributed by atoms with Crippen molar-refractivity contribution in [3.63, 3.8) is 0 Å². The molecule has 0 aromatic heterocycles. The number of aliphatic carboxylic acids is 1. The molecule has 2 amide bonds. The third-order valence-electron chi connectivity index (χ3n) is 2.95. The van der Waals surface area contributed by atoms with Crippen molar-refractivity contribution in [2.45, 2.75) is 25.1 Å². The molecule has 1 rings (SSSR count). The number of halogens is 3. The Morgan fingerprint density at radius 3 is 2.60 bits per heavy atom.